The molecule has 0 saturated carbocycles. The molecule has 1 aliphatic rings. The molecule has 2 aromatic carbocycles. The second-order valence-corrected chi connectivity index (χ2v) is 9.33. The molecule has 0 bridgehead atoms. The van der Waals surface area contributed by atoms with Crippen LogP contribution in [0.2, 0.25) is 5.02 Å². The molecule has 1 unspecified atom stereocenters. The third-order valence-electron chi connectivity index (χ3n) is 4.06. The fourth-order valence-electron chi connectivity index (χ4n) is 2.75. The standard InChI is InChI=1S/C17H17ClN2O3S2/c1-10-12(18)5-2-6-13(10)19-17(22)20-14-8-7-11-4-3-9-25(24-23)16(11)15(14)21/h2,5-8,21H,3-4,9H2,1H3,(H2,19,20,22). The van der Waals surface area contributed by atoms with Crippen LogP contribution in [0.25, 0.3) is 0 Å². The van der Waals surface area contributed by atoms with Crippen molar-refractivity contribution in [2.75, 3.05) is 16.4 Å². The Labute approximate surface area is 156 Å². The van der Waals surface area contributed by atoms with E-state index in [4.69, 9.17) is 11.6 Å². The van der Waals surface area contributed by atoms with E-state index < -0.39 is 15.5 Å². The molecule has 132 valence electrons. The molecule has 8 heteroatoms. The fourth-order valence-corrected chi connectivity index (χ4v) is 5.78. The van der Waals surface area contributed by atoms with Gasteiger partial charge in [-0.3, -0.25) is 0 Å². The van der Waals surface area contributed by atoms with Crippen molar-refractivity contribution in [3.8, 4) is 5.75 Å². The van der Waals surface area contributed by atoms with E-state index in [0.717, 1.165) is 29.7 Å². The zero-order valence-corrected chi connectivity index (χ0v) is 15.9. The van der Waals surface area contributed by atoms with Gasteiger partial charge in [0.25, 0.3) is 0 Å². The molecule has 0 spiro atoms. The van der Waals surface area contributed by atoms with Gasteiger partial charge in [0.2, 0.25) is 0 Å². The second-order valence-electron chi connectivity index (χ2n) is 5.66. The summed E-state index contributed by atoms with van der Waals surface area (Å²) in [5.41, 5.74) is 2.63. The highest BCUT2D eigenvalue weighted by Crippen LogP contribution is 2.37. The van der Waals surface area contributed by atoms with Crippen LogP contribution in [-0.4, -0.2) is 21.1 Å². The lowest BCUT2D eigenvalue weighted by Crippen LogP contribution is -2.21. The second kappa shape index (κ2) is 7.59. The Morgan fingerprint density at radius 2 is 2.00 bits per heavy atom. The van der Waals surface area contributed by atoms with Crippen LogP contribution in [0.3, 0.4) is 0 Å². The molecule has 3 rings (SSSR count). The lowest BCUT2D eigenvalue weighted by atomic mass is 10.1. The summed E-state index contributed by atoms with van der Waals surface area (Å²) in [6.07, 6.45) is 1.77. The molecule has 2 amide bonds. The van der Waals surface area contributed by atoms with Crippen molar-refractivity contribution in [3.05, 3.63) is 46.5 Å². The van der Waals surface area contributed by atoms with Gasteiger partial charge in [-0.25, -0.2) is 9.00 Å². The van der Waals surface area contributed by atoms with Crippen molar-refractivity contribution in [2.45, 2.75) is 24.7 Å². The number of nitrogens with one attached hydrogen (secondary N) is 2. The monoisotopic (exact) mass is 396 g/mol. The van der Waals surface area contributed by atoms with E-state index >= 15 is 0 Å². The van der Waals surface area contributed by atoms with Gasteiger partial charge in [-0.15, -0.1) is 0 Å². The van der Waals surface area contributed by atoms with E-state index in [0.29, 0.717) is 31.5 Å². The van der Waals surface area contributed by atoms with Crippen LogP contribution in [0.5, 0.6) is 5.75 Å². The summed E-state index contributed by atoms with van der Waals surface area (Å²) in [6, 6.07) is 8.30. The number of aryl methyl sites for hydroxylation is 1. The largest absolute Gasteiger partial charge is 0.505 e. The van der Waals surface area contributed by atoms with E-state index in [1.54, 1.807) is 24.3 Å². The van der Waals surface area contributed by atoms with Crippen LogP contribution >= 0.6 is 11.6 Å². The van der Waals surface area contributed by atoms with E-state index in [-0.39, 0.29) is 5.75 Å². The molecule has 1 atom stereocenters. The minimum Gasteiger partial charge on any atom is -0.505 e. The van der Waals surface area contributed by atoms with Gasteiger partial charge in [-0.2, -0.15) is 0 Å². The Hall–Kier alpha value is -1.83. The molecule has 0 aliphatic carbocycles. The predicted molar refractivity (Wildman–Crippen MR) is 104 cm³/mol. The summed E-state index contributed by atoms with van der Waals surface area (Å²) in [5, 5.41) is 16.5. The SMILES string of the molecule is Cc1c(Cl)cccc1NC(=O)Nc1ccc2c(c1O)S(=S=O)CCC2. The Morgan fingerprint density at radius 3 is 2.76 bits per heavy atom. The molecule has 1 aliphatic heterocycles. The molecule has 3 N–H and O–H groups in total. The molecule has 1 heterocycles. The number of halogens is 1. The Kier molecular flexibility index (Phi) is 5.46. The van der Waals surface area contributed by atoms with Gasteiger partial charge in [0, 0.05) is 16.5 Å². The summed E-state index contributed by atoms with van der Waals surface area (Å²) in [7, 11) is -0.0748. The summed E-state index contributed by atoms with van der Waals surface area (Å²) >= 11 is 6.05. The topological polar surface area (TPSA) is 78.4 Å². The van der Waals surface area contributed by atoms with E-state index in [1.165, 1.54) is 0 Å². The van der Waals surface area contributed by atoms with Crippen LogP contribution < -0.4 is 10.6 Å². The molecule has 25 heavy (non-hydrogen) atoms. The Morgan fingerprint density at radius 1 is 1.24 bits per heavy atom. The van der Waals surface area contributed by atoms with Crippen LogP contribution in [0.4, 0.5) is 16.2 Å². The quantitative estimate of drug-likeness (QED) is 0.670. The normalized spacial score (nSPS) is 16.0. The molecular weight excluding hydrogens is 380 g/mol. The Balaban J connectivity index is 1.85. The number of fused-ring (bicyclic) bond motifs is 1. The number of urea groups is 1. The van der Waals surface area contributed by atoms with Crippen molar-refractivity contribution in [1.29, 1.82) is 0 Å². The number of phenolic OH excluding ortho intramolecular Hbond substituents is 1. The van der Waals surface area contributed by atoms with Gasteiger partial charge in [0.15, 0.2) is 5.75 Å². The number of hydrogen-bond donors (Lipinski definition) is 3. The molecule has 2 aromatic rings. The third-order valence-corrected chi connectivity index (χ3v) is 7.70. The van der Waals surface area contributed by atoms with Gasteiger partial charge in [0.05, 0.1) is 10.6 Å². The number of benzene rings is 2. The van der Waals surface area contributed by atoms with Gasteiger partial charge >= 0.3 is 6.03 Å². The number of rotatable bonds is 2. The van der Waals surface area contributed by atoms with Crippen molar-refractivity contribution in [2.24, 2.45) is 0 Å². The van der Waals surface area contributed by atoms with Crippen LogP contribution in [-0.2, 0) is 26.1 Å². The van der Waals surface area contributed by atoms with Gasteiger partial charge in [-0.1, -0.05) is 33.2 Å². The van der Waals surface area contributed by atoms with Gasteiger partial charge < -0.3 is 15.7 Å². The van der Waals surface area contributed by atoms with Gasteiger partial charge in [-0.05, 0) is 49.1 Å². The smallest absolute Gasteiger partial charge is 0.323 e. The van der Waals surface area contributed by atoms with Crippen molar-refractivity contribution >= 4 is 48.7 Å². The summed E-state index contributed by atoms with van der Waals surface area (Å²) in [4.78, 5) is 12.9. The molecule has 0 radical (unpaired) electrons. The first kappa shape index (κ1) is 18.0. The van der Waals surface area contributed by atoms with Crippen LogP contribution in [0.1, 0.15) is 17.5 Å². The van der Waals surface area contributed by atoms with Crippen LogP contribution in [0, 0.1) is 6.92 Å². The number of carbonyl (C=O) groups excluding carboxylic acids is 1. The molecule has 0 fully saturated rings. The minimum atomic E-state index is -0.586. The zero-order valence-electron chi connectivity index (χ0n) is 13.5. The van der Waals surface area contributed by atoms with Crippen molar-refractivity contribution < 1.29 is 14.1 Å². The fraction of sp³-hybridized carbons (Fsp3) is 0.235. The summed E-state index contributed by atoms with van der Waals surface area (Å²) in [5.74, 6) is 0.744. The maximum atomic E-state index is 12.3. The molecule has 5 nitrogen and oxygen atoms in total. The maximum Gasteiger partial charge on any atom is 0.323 e. The van der Waals surface area contributed by atoms with E-state index in [9.17, 15) is 14.1 Å². The first-order valence-electron chi connectivity index (χ1n) is 7.70. The number of carbonyl (C=O) groups is 1. The number of aromatic hydroxyl groups is 1. The van der Waals surface area contributed by atoms with E-state index in [1.807, 2.05) is 13.0 Å². The first-order chi connectivity index (χ1) is 12.0. The average molecular weight is 397 g/mol. The lowest BCUT2D eigenvalue weighted by Gasteiger charge is -2.20. The van der Waals surface area contributed by atoms with E-state index in [2.05, 4.69) is 10.6 Å². The maximum absolute atomic E-state index is 12.3. The summed E-state index contributed by atoms with van der Waals surface area (Å²) in [6.45, 7) is 1.81. The highest BCUT2D eigenvalue weighted by atomic mass is 35.5. The zero-order chi connectivity index (χ0) is 18.0. The number of anilines is 2. The van der Waals surface area contributed by atoms with Crippen molar-refractivity contribution in [1.82, 2.24) is 0 Å². The predicted octanol–water partition coefficient (Wildman–Crippen LogP) is 4.05. The minimum absolute atomic E-state index is 0.0122. The summed E-state index contributed by atoms with van der Waals surface area (Å²) < 4.78 is 11.3. The average Bonchev–Trinajstić information content (AvgIpc) is 2.61. The first-order valence-corrected chi connectivity index (χ1v) is 10.7. The lowest BCUT2D eigenvalue weighted by molar-refractivity contribution is 0.262. The molecule has 0 aromatic heterocycles. The highest BCUT2D eigenvalue weighted by Gasteiger charge is 2.21. The van der Waals surface area contributed by atoms with Gasteiger partial charge in [0.1, 0.15) is 10.2 Å². The Bertz CT molecular complexity index is 911. The number of amides is 2. The van der Waals surface area contributed by atoms with Crippen molar-refractivity contribution in [3.63, 3.8) is 0 Å². The highest BCUT2D eigenvalue weighted by molar-refractivity contribution is 8.31. The van der Waals surface area contributed by atoms with Crippen LogP contribution in [0.15, 0.2) is 35.2 Å². The molecular formula is C17H17ClN2O3S2. The third kappa shape index (κ3) is 3.73. The number of phenols is 1. The molecule has 0 saturated heterocycles. The number of hydrogen-bond acceptors (Lipinski definition) is 3.